The van der Waals surface area contributed by atoms with E-state index >= 15 is 0 Å². The van der Waals surface area contributed by atoms with Gasteiger partial charge in [0.15, 0.2) is 0 Å². The zero-order valence-electron chi connectivity index (χ0n) is 25.2. The number of hydrogen-bond acceptors (Lipinski definition) is 3. The fraction of sp³-hybridized carbons (Fsp3) is 0.0233. The van der Waals surface area contributed by atoms with Gasteiger partial charge in [0.25, 0.3) is 0 Å². The normalized spacial score (nSPS) is 12.6. The minimum Gasteiger partial charge on any atom is -0.458 e. The van der Waals surface area contributed by atoms with Gasteiger partial charge < -0.3 is 14.6 Å². The second kappa shape index (κ2) is 10.8. The molecule has 2 heterocycles. The SMILES string of the molecule is C1=C(N(c2ccc(-c3cccc4ccccc34)cc2)c2ccc(-c3cccc4ccccc34)cc2)c2c(oc3ccccc23)CN1. The minimum atomic E-state index is 0.654. The Morgan fingerprint density at radius 1 is 0.478 bits per heavy atom. The molecule has 3 heteroatoms. The molecule has 3 nitrogen and oxygen atoms in total. The van der Waals surface area contributed by atoms with Gasteiger partial charge in [0.2, 0.25) is 0 Å². The Morgan fingerprint density at radius 2 is 0.978 bits per heavy atom. The molecule has 1 aliphatic heterocycles. The molecule has 46 heavy (non-hydrogen) atoms. The van der Waals surface area contributed by atoms with E-state index < -0.39 is 0 Å². The van der Waals surface area contributed by atoms with Crippen molar-refractivity contribution in [2.75, 3.05) is 4.90 Å². The third kappa shape index (κ3) is 4.36. The van der Waals surface area contributed by atoms with Crippen LogP contribution in [0.3, 0.4) is 0 Å². The third-order valence-electron chi connectivity index (χ3n) is 9.12. The average Bonchev–Trinajstić information content (AvgIpc) is 3.51. The fourth-order valence-corrected chi connectivity index (χ4v) is 6.95. The van der Waals surface area contributed by atoms with Crippen molar-refractivity contribution in [2.24, 2.45) is 0 Å². The van der Waals surface area contributed by atoms with Crippen molar-refractivity contribution in [1.82, 2.24) is 5.32 Å². The number of rotatable bonds is 5. The summed E-state index contributed by atoms with van der Waals surface area (Å²) in [6.45, 7) is 0.654. The van der Waals surface area contributed by atoms with Crippen LogP contribution < -0.4 is 10.2 Å². The lowest BCUT2D eigenvalue weighted by Gasteiger charge is -2.30. The topological polar surface area (TPSA) is 28.4 Å². The van der Waals surface area contributed by atoms with E-state index in [1.165, 1.54) is 43.8 Å². The average molecular weight is 591 g/mol. The van der Waals surface area contributed by atoms with Crippen LogP contribution in [-0.4, -0.2) is 0 Å². The predicted molar refractivity (Wildman–Crippen MR) is 192 cm³/mol. The molecule has 0 aliphatic carbocycles. The molecular weight excluding hydrogens is 560 g/mol. The van der Waals surface area contributed by atoms with E-state index in [9.17, 15) is 0 Å². The van der Waals surface area contributed by atoms with Gasteiger partial charge in [-0.15, -0.1) is 0 Å². The predicted octanol–water partition coefficient (Wildman–Crippen LogP) is 11.3. The Balaban J connectivity index is 1.18. The Morgan fingerprint density at radius 3 is 1.57 bits per heavy atom. The second-order valence-electron chi connectivity index (χ2n) is 11.8. The van der Waals surface area contributed by atoms with Crippen molar-refractivity contribution in [3.63, 3.8) is 0 Å². The molecule has 0 fully saturated rings. The second-order valence-corrected chi connectivity index (χ2v) is 11.8. The summed E-state index contributed by atoms with van der Waals surface area (Å²) in [7, 11) is 0. The third-order valence-corrected chi connectivity index (χ3v) is 9.12. The summed E-state index contributed by atoms with van der Waals surface area (Å²) < 4.78 is 6.35. The van der Waals surface area contributed by atoms with Crippen molar-refractivity contribution >= 4 is 49.6 Å². The van der Waals surface area contributed by atoms with Crippen LogP contribution in [0.2, 0.25) is 0 Å². The van der Waals surface area contributed by atoms with Crippen molar-refractivity contribution in [3.8, 4) is 22.3 Å². The van der Waals surface area contributed by atoms with Gasteiger partial charge in [-0.2, -0.15) is 0 Å². The molecule has 0 amide bonds. The van der Waals surface area contributed by atoms with Gasteiger partial charge in [-0.3, -0.25) is 0 Å². The van der Waals surface area contributed by atoms with Crippen LogP contribution in [-0.2, 0) is 6.54 Å². The van der Waals surface area contributed by atoms with Crippen LogP contribution in [0.1, 0.15) is 11.3 Å². The quantitative estimate of drug-likeness (QED) is 0.216. The molecule has 0 saturated heterocycles. The van der Waals surface area contributed by atoms with E-state index in [2.05, 4.69) is 162 Å². The molecule has 0 unspecified atom stereocenters. The Hall–Kier alpha value is -6.06. The van der Waals surface area contributed by atoms with E-state index in [0.717, 1.165) is 39.4 Å². The number of furan rings is 1. The first-order valence-electron chi connectivity index (χ1n) is 15.7. The summed E-state index contributed by atoms with van der Waals surface area (Å²) in [5.41, 5.74) is 10.1. The lowest BCUT2D eigenvalue weighted by Crippen LogP contribution is -2.22. The molecule has 8 aromatic rings. The summed E-state index contributed by atoms with van der Waals surface area (Å²) in [5.74, 6) is 0.948. The number of benzene rings is 7. The van der Waals surface area contributed by atoms with Gasteiger partial charge in [-0.1, -0.05) is 127 Å². The number of hydrogen-bond donors (Lipinski definition) is 1. The summed E-state index contributed by atoms with van der Waals surface area (Å²) in [6.07, 6.45) is 2.13. The molecule has 218 valence electrons. The first-order valence-corrected chi connectivity index (χ1v) is 15.7. The van der Waals surface area contributed by atoms with Gasteiger partial charge in [-0.25, -0.2) is 0 Å². The maximum Gasteiger partial charge on any atom is 0.135 e. The van der Waals surface area contributed by atoms with E-state index in [1.54, 1.807) is 0 Å². The number of para-hydroxylation sites is 1. The van der Waals surface area contributed by atoms with Crippen LogP contribution in [0.25, 0.3) is 60.5 Å². The number of anilines is 2. The van der Waals surface area contributed by atoms with Gasteiger partial charge in [0.1, 0.15) is 11.3 Å². The summed E-state index contributed by atoms with van der Waals surface area (Å²) in [4.78, 5) is 2.34. The Bertz CT molecular complexity index is 2280. The maximum absolute atomic E-state index is 6.35. The first kappa shape index (κ1) is 26.4. The smallest absolute Gasteiger partial charge is 0.135 e. The first-order chi connectivity index (χ1) is 22.8. The molecule has 9 rings (SSSR count). The minimum absolute atomic E-state index is 0.654. The molecule has 0 saturated carbocycles. The van der Waals surface area contributed by atoms with Crippen LogP contribution in [0.15, 0.2) is 168 Å². The van der Waals surface area contributed by atoms with E-state index in [4.69, 9.17) is 4.42 Å². The van der Waals surface area contributed by atoms with Crippen LogP contribution in [0.4, 0.5) is 11.4 Å². The van der Waals surface area contributed by atoms with Crippen LogP contribution >= 0.6 is 0 Å². The fourth-order valence-electron chi connectivity index (χ4n) is 6.95. The molecule has 0 bridgehead atoms. The number of fused-ring (bicyclic) bond motifs is 5. The summed E-state index contributed by atoms with van der Waals surface area (Å²) in [5, 5.41) is 9.61. The Labute approximate surface area is 267 Å². The van der Waals surface area contributed by atoms with E-state index in [1.807, 2.05) is 12.1 Å². The number of nitrogens with zero attached hydrogens (tertiary/aromatic N) is 1. The van der Waals surface area contributed by atoms with Crippen LogP contribution in [0.5, 0.6) is 0 Å². The van der Waals surface area contributed by atoms with Crippen LogP contribution in [0, 0.1) is 0 Å². The van der Waals surface area contributed by atoms with Gasteiger partial charge >= 0.3 is 0 Å². The maximum atomic E-state index is 6.35. The van der Waals surface area contributed by atoms with Gasteiger partial charge in [0.05, 0.1) is 17.8 Å². The molecule has 0 radical (unpaired) electrons. The standard InChI is InChI=1S/C43H30N2O/c1-3-13-35-29(9-1)11-7-16-37(35)31-19-23-33(24-20-31)45(40-27-44-28-42-43(40)39-15-5-6-18-41(39)46-42)34-25-21-32(22-26-34)38-17-8-12-30-10-2-4-14-36(30)38/h1-27,44H,28H2. The summed E-state index contributed by atoms with van der Waals surface area (Å²) in [6, 6.07) is 56.4. The monoisotopic (exact) mass is 590 g/mol. The zero-order chi connectivity index (χ0) is 30.5. The lowest BCUT2D eigenvalue weighted by atomic mass is 9.97. The highest BCUT2D eigenvalue weighted by Gasteiger charge is 2.27. The highest BCUT2D eigenvalue weighted by atomic mass is 16.3. The van der Waals surface area contributed by atoms with Crippen molar-refractivity contribution < 1.29 is 4.42 Å². The molecule has 7 aromatic carbocycles. The molecule has 1 aliphatic rings. The highest BCUT2D eigenvalue weighted by Crippen LogP contribution is 2.42. The van der Waals surface area contributed by atoms with E-state index in [-0.39, 0.29) is 0 Å². The lowest BCUT2D eigenvalue weighted by molar-refractivity contribution is 0.531. The van der Waals surface area contributed by atoms with Crippen molar-refractivity contribution in [2.45, 2.75) is 6.54 Å². The highest BCUT2D eigenvalue weighted by molar-refractivity contribution is 6.02. The van der Waals surface area contributed by atoms with E-state index in [0.29, 0.717) is 6.54 Å². The molecule has 0 spiro atoms. The number of nitrogens with one attached hydrogen (secondary N) is 1. The van der Waals surface area contributed by atoms with Crippen molar-refractivity contribution in [1.29, 1.82) is 0 Å². The van der Waals surface area contributed by atoms with Crippen molar-refractivity contribution in [3.05, 3.63) is 175 Å². The molecule has 1 N–H and O–H groups in total. The molecule has 0 atom stereocenters. The summed E-state index contributed by atoms with van der Waals surface area (Å²) >= 11 is 0. The molecule has 1 aromatic heterocycles. The zero-order valence-corrected chi connectivity index (χ0v) is 25.2. The Kier molecular flexibility index (Phi) is 6.20. The largest absolute Gasteiger partial charge is 0.458 e. The van der Waals surface area contributed by atoms with Gasteiger partial charge in [-0.05, 0) is 74.1 Å². The molecular formula is C43H30N2O. The van der Waals surface area contributed by atoms with Gasteiger partial charge in [0, 0.05) is 23.0 Å².